The number of nitrogens with one attached hydrogen (secondary N) is 2. The van der Waals surface area contributed by atoms with Crippen molar-refractivity contribution < 1.29 is 23.9 Å². The molecule has 1 aromatic carbocycles. The minimum absolute atomic E-state index is 0.153. The smallest absolute Gasteiger partial charge is 0.407 e. The SMILES string of the molecule is CC(=O)N[C@@H](C[C@H](C)NC(=O)OCc1ccccc1)C(=O)OC(C)(C)C. The molecule has 1 aromatic rings. The van der Waals surface area contributed by atoms with Gasteiger partial charge in [-0.1, -0.05) is 30.3 Å². The van der Waals surface area contributed by atoms with Gasteiger partial charge in [-0.05, 0) is 39.7 Å². The Hall–Kier alpha value is -2.57. The molecule has 2 N–H and O–H groups in total. The molecule has 0 aliphatic rings. The topological polar surface area (TPSA) is 93.7 Å². The van der Waals surface area contributed by atoms with Crippen LogP contribution in [0.3, 0.4) is 0 Å². The van der Waals surface area contributed by atoms with Gasteiger partial charge in [-0.15, -0.1) is 0 Å². The lowest BCUT2D eigenvalue weighted by molar-refractivity contribution is -0.158. The van der Waals surface area contributed by atoms with Crippen molar-refractivity contribution in [1.82, 2.24) is 10.6 Å². The lowest BCUT2D eigenvalue weighted by Gasteiger charge is -2.26. The molecule has 144 valence electrons. The summed E-state index contributed by atoms with van der Waals surface area (Å²) in [6.45, 7) is 8.45. The first-order chi connectivity index (χ1) is 12.1. The predicted molar refractivity (Wildman–Crippen MR) is 97.3 cm³/mol. The van der Waals surface area contributed by atoms with Crippen molar-refractivity contribution in [2.75, 3.05) is 0 Å². The normalized spacial score (nSPS) is 13.3. The van der Waals surface area contributed by atoms with Gasteiger partial charge in [0, 0.05) is 13.0 Å². The number of benzene rings is 1. The van der Waals surface area contributed by atoms with Gasteiger partial charge < -0.3 is 20.1 Å². The van der Waals surface area contributed by atoms with Crippen LogP contribution in [-0.2, 0) is 25.7 Å². The minimum atomic E-state index is -0.851. The summed E-state index contributed by atoms with van der Waals surface area (Å²) in [7, 11) is 0. The Balaban J connectivity index is 2.54. The highest BCUT2D eigenvalue weighted by molar-refractivity contribution is 5.83. The van der Waals surface area contributed by atoms with E-state index >= 15 is 0 Å². The Morgan fingerprint density at radius 3 is 2.23 bits per heavy atom. The number of ether oxygens (including phenoxy) is 2. The highest BCUT2D eigenvalue weighted by Gasteiger charge is 2.28. The van der Waals surface area contributed by atoms with E-state index in [1.807, 2.05) is 30.3 Å². The highest BCUT2D eigenvalue weighted by Crippen LogP contribution is 2.11. The fraction of sp³-hybridized carbons (Fsp3) is 0.526. The molecule has 26 heavy (non-hydrogen) atoms. The number of amides is 2. The number of esters is 1. The van der Waals surface area contributed by atoms with Crippen LogP contribution < -0.4 is 10.6 Å². The van der Waals surface area contributed by atoms with Crippen LogP contribution in [0.15, 0.2) is 30.3 Å². The van der Waals surface area contributed by atoms with E-state index in [1.165, 1.54) is 6.92 Å². The summed E-state index contributed by atoms with van der Waals surface area (Å²) in [6, 6.07) is 8.05. The maximum atomic E-state index is 12.2. The molecule has 0 bridgehead atoms. The van der Waals surface area contributed by atoms with E-state index in [2.05, 4.69) is 10.6 Å². The van der Waals surface area contributed by atoms with Crippen LogP contribution in [0.5, 0.6) is 0 Å². The Morgan fingerprint density at radius 2 is 1.69 bits per heavy atom. The first-order valence-corrected chi connectivity index (χ1v) is 8.54. The number of carbonyl (C=O) groups is 3. The van der Waals surface area contributed by atoms with Crippen molar-refractivity contribution in [3.63, 3.8) is 0 Å². The van der Waals surface area contributed by atoms with Crippen molar-refractivity contribution in [2.24, 2.45) is 0 Å². The second-order valence-corrected chi connectivity index (χ2v) is 7.13. The molecule has 0 fully saturated rings. The van der Waals surface area contributed by atoms with Gasteiger partial charge in [0.05, 0.1) is 0 Å². The summed E-state index contributed by atoms with van der Waals surface area (Å²) < 4.78 is 10.5. The second-order valence-electron chi connectivity index (χ2n) is 7.13. The molecule has 0 spiro atoms. The van der Waals surface area contributed by atoms with Crippen LogP contribution in [0, 0.1) is 0 Å². The maximum absolute atomic E-state index is 12.2. The first-order valence-electron chi connectivity index (χ1n) is 8.54. The van der Waals surface area contributed by atoms with E-state index < -0.39 is 29.7 Å². The zero-order valence-corrected chi connectivity index (χ0v) is 16.0. The van der Waals surface area contributed by atoms with E-state index in [0.29, 0.717) is 0 Å². The van der Waals surface area contributed by atoms with Crippen LogP contribution in [0.25, 0.3) is 0 Å². The molecular formula is C19H28N2O5. The van der Waals surface area contributed by atoms with E-state index in [1.54, 1.807) is 27.7 Å². The summed E-state index contributed by atoms with van der Waals surface area (Å²) in [5.41, 5.74) is 0.208. The molecule has 2 amide bonds. The molecule has 0 heterocycles. The molecule has 0 saturated heterocycles. The van der Waals surface area contributed by atoms with Crippen molar-refractivity contribution in [3.05, 3.63) is 35.9 Å². The predicted octanol–water partition coefficient (Wildman–Crippen LogP) is 2.54. The summed E-state index contributed by atoms with van der Waals surface area (Å²) in [6.07, 6.45) is -0.401. The summed E-state index contributed by atoms with van der Waals surface area (Å²) >= 11 is 0. The monoisotopic (exact) mass is 364 g/mol. The summed E-state index contributed by atoms with van der Waals surface area (Å²) in [4.78, 5) is 35.5. The summed E-state index contributed by atoms with van der Waals surface area (Å²) in [5, 5.41) is 5.21. The number of carbonyl (C=O) groups excluding carboxylic acids is 3. The van der Waals surface area contributed by atoms with Gasteiger partial charge in [-0.25, -0.2) is 9.59 Å². The van der Waals surface area contributed by atoms with Crippen molar-refractivity contribution in [1.29, 1.82) is 0 Å². The molecule has 7 heteroatoms. The number of alkyl carbamates (subject to hydrolysis) is 1. The first kappa shape index (κ1) is 21.5. The van der Waals surface area contributed by atoms with Crippen LogP contribution >= 0.6 is 0 Å². The molecule has 0 radical (unpaired) electrons. The third-order valence-corrected chi connectivity index (χ3v) is 3.24. The number of hydrogen-bond donors (Lipinski definition) is 2. The lowest BCUT2D eigenvalue weighted by atomic mass is 10.1. The zero-order chi connectivity index (χ0) is 19.7. The number of rotatable bonds is 7. The quantitative estimate of drug-likeness (QED) is 0.725. The third-order valence-electron chi connectivity index (χ3n) is 3.24. The van der Waals surface area contributed by atoms with Gasteiger partial charge in [0.1, 0.15) is 18.2 Å². The molecule has 7 nitrogen and oxygen atoms in total. The van der Waals surface area contributed by atoms with Gasteiger partial charge in [0.2, 0.25) is 5.91 Å². The average Bonchev–Trinajstić information content (AvgIpc) is 2.51. The molecule has 1 rings (SSSR count). The van der Waals surface area contributed by atoms with Crippen molar-refractivity contribution in [3.8, 4) is 0 Å². The lowest BCUT2D eigenvalue weighted by Crippen LogP contribution is -2.47. The van der Waals surface area contributed by atoms with Gasteiger partial charge in [0.15, 0.2) is 0 Å². The molecule has 0 aliphatic heterocycles. The zero-order valence-electron chi connectivity index (χ0n) is 16.0. The fourth-order valence-corrected chi connectivity index (χ4v) is 2.21. The van der Waals surface area contributed by atoms with E-state index in [0.717, 1.165) is 5.56 Å². The van der Waals surface area contributed by atoms with Crippen LogP contribution in [0.2, 0.25) is 0 Å². The van der Waals surface area contributed by atoms with Crippen molar-refractivity contribution in [2.45, 2.75) is 65.3 Å². The van der Waals surface area contributed by atoms with E-state index in [-0.39, 0.29) is 18.9 Å². The Kier molecular flexibility index (Phi) is 8.09. The Bertz CT molecular complexity index is 610. The van der Waals surface area contributed by atoms with Gasteiger partial charge in [0.25, 0.3) is 0 Å². The third kappa shape index (κ3) is 9.05. The van der Waals surface area contributed by atoms with Gasteiger partial charge in [-0.3, -0.25) is 4.79 Å². The fourth-order valence-electron chi connectivity index (χ4n) is 2.21. The molecule has 2 atom stereocenters. The van der Waals surface area contributed by atoms with Crippen molar-refractivity contribution >= 4 is 18.0 Å². The summed E-state index contributed by atoms with van der Waals surface area (Å²) in [5.74, 6) is -0.890. The maximum Gasteiger partial charge on any atom is 0.407 e. The van der Waals surface area contributed by atoms with E-state index in [9.17, 15) is 14.4 Å². The Labute approximate surface area is 154 Å². The molecule has 0 aliphatic carbocycles. The average molecular weight is 364 g/mol. The largest absolute Gasteiger partial charge is 0.458 e. The molecular weight excluding hydrogens is 336 g/mol. The molecule has 0 unspecified atom stereocenters. The van der Waals surface area contributed by atoms with Crippen LogP contribution in [0.4, 0.5) is 4.79 Å². The number of hydrogen-bond acceptors (Lipinski definition) is 5. The standard InChI is InChI=1S/C19H28N2O5/c1-13(20-18(24)25-12-15-9-7-6-8-10-15)11-16(21-14(2)22)17(23)26-19(3,4)5/h6-10,13,16H,11-12H2,1-5H3,(H,20,24)(H,21,22)/t13-,16-/m0/s1. The Morgan fingerprint density at radius 1 is 1.08 bits per heavy atom. The highest BCUT2D eigenvalue weighted by atomic mass is 16.6. The molecule has 0 aromatic heterocycles. The van der Waals surface area contributed by atoms with Crippen LogP contribution in [-0.4, -0.2) is 35.7 Å². The van der Waals surface area contributed by atoms with Gasteiger partial charge >= 0.3 is 12.1 Å². The minimum Gasteiger partial charge on any atom is -0.458 e. The van der Waals surface area contributed by atoms with Crippen LogP contribution in [0.1, 0.15) is 46.6 Å². The van der Waals surface area contributed by atoms with E-state index in [4.69, 9.17) is 9.47 Å². The van der Waals surface area contributed by atoms with Gasteiger partial charge in [-0.2, -0.15) is 0 Å². The second kappa shape index (κ2) is 9.79. The molecule has 0 saturated carbocycles.